The Bertz CT molecular complexity index is 832. The summed E-state index contributed by atoms with van der Waals surface area (Å²) in [6.45, 7) is 6.27. The summed E-state index contributed by atoms with van der Waals surface area (Å²) in [6.07, 6.45) is 2.16. The van der Waals surface area contributed by atoms with Crippen molar-refractivity contribution in [1.29, 1.82) is 0 Å². The zero-order chi connectivity index (χ0) is 20.6. The van der Waals surface area contributed by atoms with Crippen molar-refractivity contribution >= 4 is 11.8 Å². The van der Waals surface area contributed by atoms with Gasteiger partial charge in [-0.3, -0.25) is 0 Å². The number of aromatic nitrogens is 1. The van der Waals surface area contributed by atoms with Gasteiger partial charge in [0, 0.05) is 31.9 Å². The molecule has 2 unspecified atom stereocenters. The summed E-state index contributed by atoms with van der Waals surface area (Å²) < 4.78 is 33.3. The van der Waals surface area contributed by atoms with Crippen LogP contribution in [0.3, 0.4) is 0 Å². The molecule has 0 bridgehead atoms. The molecule has 2 N–H and O–H groups in total. The Hall–Kier alpha value is -2.90. The van der Waals surface area contributed by atoms with Gasteiger partial charge in [-0.2, -0.15) is 0 Å². The molecule has 8 heteroatoms. The number of aliphatic imine (C=N–C) groups is 1. The predicted octanol–water partition coefficient (Wildman–Crippen LogP) is 2.96. The molecular formula is C21H27F2N5O. The molecule has 2 aromatic rings. The summed E-state index contributed by atoms with van der Waals surface area (Å²) in [7, 11) is 0. The summed E-state index contributed by atoms with van der Waals surface area (Å²) in [4.78, 5) is 10.6. The van der Waals surface area contributed by atoms with Crippen LogP contribution in [0.2, 0.25) is 0 Å². The Kier molecular flexibility index (Phi) is 7.21. The van der Waals surface area contributed by atoms with Crippen molar-refractivity contribution in [2.75, 3.05) is 31.1 Å². The van der Waals surface area contributed by atoms with Crippen LogP contribution >= 0.6 is 0 Å². The first-order valence-electron chi connectivity index (χ1n) is 9.88. The van der Waals surface area contributed by atoms with E-state index in [-0.39, 0.29) is 29.5 Å². The van der Waals surface area contributed by atoms with E-state index in [1.807, 2.05) is 18.7 Å². The van der Waals surface area contributed by atoms with Crippen molar-refractivity contribution in [2.24, 2.45) is 4.99 Å². The van der Waals surface area contributed by atoms with Crippen molar-refractivity contribution < 1.29 is 13.5 Å². The quantitative estimate of drug-likeness (QED) is 0.550. The molecule has 1 fully saturated rings. The summed E-state index contributed by atoms with van der Waals surface area (Å²) >= 11 is 0. The molecule has 1 aromatic carbocycles. The number of guanidine groups is 1. The average Bonchev–Trinajstić information content (AvgIpc) is 3.17. The number of hydrogen-bond donors (Lipinski definition) is 2. The number of benzene rings is 1. The van der Waals surface area contributed by atoms with Crippen LogP contribution in [-0.2, 0) is 0 Å². The summed E-state index contributed by atoms with van der Waals surface area (Å²) in [5.74, 6) is 0.557. The van der Waals surface area contributed by atoms with Crippen molar-refractivity contribution in [3.8, 4) is 5.75 Å². The van der Waals surface area contributed by atoms with Gasteiger partial charge in [0.25, 0.3) is 0 Å². The van der Waals surface area contributed by atoms with E-state index in [9.17, 15) is 8.78 Å². The molecule has 29 heavy (non-hydrogen) atoms. The van der Waals surface area contributed by atoms with Gasteiger partial charge in [0.2, 0.25) is 0 Å². The van der Waals surface area contributed by atoms with E-state index in [4.69, 9.17) is 4.74 Å². The van der Waals surface area contributed by atoms with E-state index in [1.54, 1.807) is 30.5 Å². The van der Waals surface area contributed by atoms with Gasteiger partial charge in [0.15, 0.2) is 29.2 Å². The number of nitrogens with zero attached hydrogens (tertiary/aromatic N) is 3. The van der Waals surface area contributed by atoms with Gasteiger partial charge in [-0.15, -0.1) is 0 Å². The number of nitrogens with one attached hydrogen (secondary N) is 2. The second-order valence-corrected chi connectivity index (χ2v) is 6.96. The van der Waals surface area contributed by atoms with Gasteiger partial charge in [-0.05, 0) is 44.5 Å². The van der Waals surface area contributed by atoms with Gasteiger partial charge in [-0.1, -0.05) is 12.1 Å². The fourth-order valence-electron chi connectivity index (χ4n) is 3.21. The highest BCUT2D eigenvalue weighted by atomic mass is 19.1. The van der Waals surface area contributed by atoms with E-state index in [0.29, 0.717) is 31.4 Å². The number of rotatable bonds is 7. The third-order valence-corrected chi connectivity index (χ3v) is 4.58. The third-order valence-electron chi connectivity index (χ3n) is 4.58. The molecule has 0 amide bonds. The maximum absolute atomic E-state index is 14.0. The average molecular weight is 403 g/mol. The molecule has 156 valence electrons. The van der Waals surface area contributed by atoms with E-state index < -0.39 is 0 Å². The van der Waals surface area contributed by atoms with Gasteiger partial charge in [0.05, 0.1) is 6.54 Å². The lowest BCUT2D eigenvalue weighted by atomic mass is 10.3. The van der Waals surface area contributed by atoms with Gasteiger partial charge >= 0.3 is 0 Å². The molecule has 1 aromatic heterocycles. The fraction of sp³-hybridized carbons (Fsp3) is 0.429. The van der Waals surface area contributed by atoms with Crippen molar-refractivity contribution in [3.63, 3.8) is 0 Å². The molecule has 1 saturated heterocycles. The normalized spacial score (nSPS) is 17.9. The highest BCUT2D eigenvalue weighted by Crippen LogP contribution is 2.21. The number of anilines is 1. The Morgan fingerprint density at radius 3 is 2.83 bits per heavy atom. The topological polar surface area (TPSA) is 61.8 Å². The Morgan fingerprint density at radius 2 is 2.07 bits per heavy atom. The SMILES string of the molecule is CCNC(=NCC(C)Oc1ccccc1F)NC1CCN(c2ncccc2F)C1. The van der Waals surface area contributed by atoms with Crippen LogP contribution in [0.25, 0.3) is 0 Å². The number of ether oxygens (including phenoxy) is 1. The van der Waals surface area contributed by atoms with Crippen LogP contribution in [0.15, 0.2) is 47.6 Å². The number of pyridine rings is 1. The van der Waals surface area contributed by atoms with Gasteiger partial charge < -0.3 is 20.3 Å². The second kappa shape index (κ2) is 10.0. The molecule has 0 saturated carbocycles. The van der Waals surface area contributed by atoms with Crippen LogP contribution in [0.1, 0.15) is 20.3 Å². The minimum atomic E-state index is -0.388. The minimum Gasteiger partial charge on any atom is -0.486 e. The first-order valence-corrected chi connectivity index (χ1v) is 9.88. The van der Waals surface area contributed by atoms with Gasteiger partial charge in [-0.25, -0.2) is 18.8 Å². The molecule has 2 heterocycles. The predicted molar refractivity (Wildman–Crippen MR) is 110 cm³/mol. The molecule has 3 rings (SSSR count). The standard InChI is InChI=1S/C21H27F2N5O/c1-3-24-21(26-13-15(2)29-19-9-5-4-7-17(19)22)27-16-10-12-28(14-16)20-18(23)8-6-11-25-20/h4-9,11,15-16H,3,10,12-14H2,1-2H3,(H2,24,26,27). The van der Waals surface area contributed by atoms with Crippen molar-refractivity contribution in [1.82, 2.24) is 15.6 Å². The van der Waals surface area contributed by atoms with Crippen LogP contribution < -0.4 is 20.3 Å². The lowest BCUT2D eigenvalue weighted by Crippen LogP contribution is -2.45. The van der Waals surface area contributed by atoms with Crippen molar-refractivity contribution in [2.45, 2.75) is 32.4 Å². The van der Waals surface area contributed by atoms with Gasteiger partial charge in [0.1, 0.15) is 6.10 Å². The summed E-state index contributed by atoms with van der Waals surface area (Å²) in [6, 6.07) is 9.46. The first-order chi connectivity index (χ1) is 14.1. The molecular weight excluding hydrogens is 376 g/mol. The Balaban J connectivity index is 1.55. The van der Waals surface area contributed by atoms with Crippen molar-refractivity contribution in [3.05, 3.63) is 54.2 Å². The summed E-state index contributed by atoms with van der Waals surface area (Å²) in [5, 5.41) is 6.59. The Morgan fingerprint density at radius 1 is 1.28 bits per heavy atom. The third kappa shape index (κ3) is 5.79. The largest absolute Gasteiger partial charge is 0.486 e. The molecule has 0 radical (unpaired) electrons. The molecule has 6 nitrogen and oxygen atoms in total. The Labute approximate surface area is 170 Å². The zero-order valence-electron chi connectivity index (χ0n) is 16.7. The first kappa shape index (κ1) is 20.8. The van der Waals surface area contributed by atoms with Crippen LogP contribution in [-0.4, -0.2) is 49.3 Å². The monoisotopic (exact) mass is 403 g/mol. The smallest absolute Gasteiger partial charge is 0.191 e. The fourth-order valence-corrected chi connectivity index (χ4v) is 3.21. The number of para-hydroxylation sites is 1. The minimum absolute atomic E-state index is 0.122. The van der Waals surface area contributed by atoms with E-state index in [0.717, 1.165) is 13.0 Å². The zero-order valence-corrected chi connectivity index (χ0v) is 16.7. The second-order valence-electron chi connectivity index (χ2n) is 6.96. The number of hydrogen-bond acceptors (Lipinski definition) is 4. The molecule has 1 aliphatic rings. The summed E-state index contributed by atoms with van der Waals surface area (Å²) in [5.41, 5.74) is 0. The van der Waals surface area contributed by atoms with Crippen LogP contribution in [0, 0.1) is 11.6 Å². The van der Waals surface area contributed by atoms with E-state index >= 15 is 0 Å². The van der Waals surface area contributed by atoms with E-state index in [2.05, 4.69) is 20.6 Å². The highest BCUT2D eigenvalue weighted by molar-refractivity contribution is 5.80. The maximum atomic E-state index is 14.0. The lowest BCUT2D eigenvalue weighted by Gasteiger charge is -2.20. The van der Waals surface area contributed by atoms with E-state index in [1.165, 1.54) is 12.1 Å². The molecule has 1 aliphatic heterocycles. The highest BCUT2D eigenvalue weighted by Gasteiger charge is 2.26. The number of halogens is 2. The molecule has 0 aliphatic carbocycles. The maximum Gasteiger partial charge on any atom is 0.191 e. The van der Waals surface area contributed by atoms with Crippen LogP contribution in [0.5, 0.6) is 5.75 Å². The molecule has 0 spiro atoms. The van der Waals surface area contributed by atoms with Crippen LogP contribution in [0.4, 0.5) is 14.6 Å². The molecule has 2 atom stereocenters. The lowest BCUT2D eigenvalue weighted by molar-refractivity contribution is 0.220.